The van der Waals surface area contributed by atoms with Gasteiger partial charge in [-0.3, -0.25) is 0 Å². The number of nitrogens with one attached hydrogen (secondary N) is 2. The molecule has 1 rings (SSSR count). The molecule has 0 aliphatic carbocycles. The largest absolute Gasteiger partial charge is 0.409 e. The van der Waals surface area contributed by atoms with Gasteiger partial charge in [-0.15, -0.1) is 0 Å². The van der Waals surface area contributed by atoms with Crippen molar-refractivity contribution in [2.45, 2.75) is 19.6 Å². The molecule has 0 spiro atoms. The molecule has 0 heterocycles. The molecular formula is C10H14N4Si. The van der Waals surface area contributed by atoms with E-state index in [4.69, 9.17) is 10.8 Å². The fraction of sp³-hybridized carbons (Fsp3) is 0.300. The molecule has 1 aromatic carbocycles. The number of hydrogen-bond donors (Lipinski definition) is 2. The summed E-state index contributed by atoms with van der Waals surface area (Å²) in [5.74, 6) is 0. The molecule has 0 bridgehead atoms. The van der Waals surface area contributed by atoms with Crippen LogP contribution in [0.3, 0.4) is 0 Å². The fourth-order valence-electron chi connectivity index (χ4n) is 1.20. The maximum absolute atomic E-state index is 8.72. The van der Waals surface area contributed by atoms with Gasteiger partial charge in [-0.25, -0.2) is 5.53 Å². The molecule has 1 aromatic rings. The van der Waals surface area contributed by atoms with Gasteiger partial charge in [-0.05, 0) is 18.2 Å². The highest BCUT2D eigenvalue weighted by Crippen LogP contribution is 2.27. The second-order valence-corrected chi connectivity index (χ2v) is 9.08. The molecule has 15 heavy (non-hydrogen) atoms. The van der Waals surface area contributed by atoms with Crippen LogP contribution in [0.4, 0.5) is 11.4 Å². The molecule has 78 valence electrons. The zero-order chi connectivity index (χ0) is 11.5. The summed E-state index contributed by atoms with van der Waals surface area (Å²) in [6, 6.07) is 7.20. The van der Waals surface area contributed by atoms with Crippen molar-refractivity contribution in [3.8, 4) is 6.07 Å². The average molecular weight is 218 g/mol. The molecule has 2 N–H and O–H groups in total. The Morgan fingerprint density at radius 3 is 2.53 bits per heavy atom. The Hall–Kier alpha value is -1.67. The van der Waals surface area contributed by atoms with Crippen LogP contribution in [0.5, 0.6) is 0 Å². The van der Waals surface area contributed by atoms with Crippen molar-refractivity contribution in [3.05, 3.63) is 23.8 Å². The van der Waals surface area contributed by atoms with Gasteiger partial charge in [-0.1, -0.05) is 19.6 Å². The van der Waals surface area contributed by atoms with Crippen LogP contribution in [0, 0.1) is 16.9 Å². The summed E-state index contributed by atoms with van der Waals surface area (Å²) >= 11 is 0. The first-order valence-electron chi connectivity index (χ1n) is 4.66. The Morgan fingerprint density at radius 1 is 1.40 bits per heavy atom. The molecular weight excluding hydrogens is 204 g/mol. The minimum atomic E-state index is -1.45. The number of nitriles is 1. The number of anilines is 1. The highest BCUT2D eigenvalue weighted by Gasteiger charge is 2.15. The average Bonchev–Trinajstić information content (AvgIpc) is 2.16. The van der Waals surface area contributed by atoms with E-state index in [9.17, 15) is 0 Å². The lowest BCUT2D eigenvalue weighted by atomic mass is 10.2. The highest BCUT2D eigenvalue weighted by molar-refractivity contribution is 6.79. The molecule has 0 aliphatic heterocycles. The van der Waals surface area contributed by atoms with Crippen LogP contribution in [0.15, 0.2) is 23.3 Å². The first-order valence-corrected chi connectivity index (χ1v) is 8.16. The molecule has 0 unspecified atom stereocenters. The predicted octanol–water partition coefficient (Wildman–Crippen LogP) is 3.47. The lowest BCUT2D eigenvalue weighted by Crippen LogP contribution is -2.32. The van der Waals surface area contributed by atoms with E-state index in [1.807, 2.05) is 12.1 Å². The molecule has 0 fully saturated rings. The third-order valence-corrected chi connectivity index (χ3v) is 2.78. The third kappa shape index (κ3) is 3.18. The molecule has 0 radical (unpaired) electrons. The van der Waals surface area contributed by atoms with Crippen LogP contribution < -0.4 is 4.98 Å². The van der Waals surface area contributed by atoms with Gasteiger partial charge in [-0.2, -0.15) is 10.4 Å². The van der Waals surface area contributed by atoms with Crippen molar-refractivity contribution in [1.29, 1.82) is 10.8 Å². The van der Waals surface area contributed by atoms with Crippen molar-refractivity contribution in [2.75, 3.05) is 4.98 Å². The number of benzene rings is 1. The summed E-state index contributed by atoms with van der Waals surface area (Å²) in [4.78, 5) is 3.37. The fourth-order valence-corrected chi connectivity index (χ4v) is 2.22. The molecule has 4 nitrogen and oxygen atoms in total. The second kappa shape index (κ2) is 4.23. The topological polar surface area (TPSA) is 72.0 Å². The monoisotopic (exact) mass is 218 g/mol. The summed E-state index contributed by atoms with van der Waals surface area (Å²) in [7, 11) is -1.45. The maximum atomic E-state index is 8.72. The van der Waals surface area contributed by atoms with Crippen molar-refractivity contribution in [3.63, 3.8) is 0 Å². The van der Waals surface area contributed by atoms with Gasteiger partial charge in [0.1, 0.15) is 13.9 Å². The Bertz CT molecular complexity index is 414. The predicted molar refractivity (Wildman–Crippen MR) is 62.9 cm³/mol. The zero-order valence-electron chi connectivity index (χ0n) is 9.13. The Labute approximate surface area is 90.5 Å². The van der Waals surface area contributed by atoms with Crippen molar-refractivity contribution in [1.82, 2.24) is 0 Å². The van der Waals surface area contributed by atoms with E-state index in [-0.39, 0.29) is 0 Å². The standard InChI is InChI=1S/C10H14N4Si/c1-15(2,3)14-9-5-4-8(7-11)6-10(9)13-12/h4-6,12,14H,1-3H3. The van der Waals surface area contributed by atoms with E-state index < -0.39 is 8.24 Å². The van der Waals surface area contributed by atoms with Crippen molar-refractivity contribution >= 4 is 19.6 Å². The third-order valence-electron chi connectivity index (χ3n) is 1.76. The number of rotatable bonds is 3. The van der Waals surface area contributed by atoms with Gasteiger partial charge in [0.15, 0.2) is 0 Å². The Morgan fingerprint density at radius 2 is 2.07 bits per heavy atom. The van der Waals surface area contributed by atoms with E-state index in [0.717, 1.165) is 5.69 Å². The summed E-state index contributed by atoms with van der Waals surface area (Å²) in [6.07, 6.45) is 0. The maximum Gasteiger partial charge on any atom is 0.144 e. The second-order valence-electron chi connectivity index (χ2n) is 4.33. The van der Waals surface area contributed by atoms with E-state index >= 15 is 0 Å². The summed E-state index contributed by atoms with van der Waals surface area (Å²) in [5, 5.41) is 12.1. The smallest absolute Gasteiger partial charge is 0.144 e. The van der Waals surface area contributed by atoms with Gasteiger partial charge in [0.2, 0.25) is 0 Å². The highest BCUT2D eigenvalue weighted by atomic mass is 28.3. The van der Waals surface area contributed by atoms with Gasteiger partial charge >= 0.3 is 0 Å². The first-order chi connectivity index (χ1) is 6.96. The minimum Gasteiger partial charge on any atom is -0.409 e. The lowest BCUT2D eigenvalue weighted by molar-refractivity contribution is 1.15. The van der Waals surface area contributed by atoms with Crippen LogP contribution in [0.2, 0.25) is 19.6 Å². The molecule has 0 amide bonds. The lowest BCUT2D eigenvalue weighted by Gasteiger charge is -2.20. The van der Waals surface area contributed by atoms with Gasteiger partial charge in [0.25, 0.3) is 0 Å². The number of nitrogens with zero attached hydrogens (tertiary/aromatic N) is 2. The van der Waals surface area contributed by atoms with E-state index in [1.165, 1.54) is 0 Å². The first kappa shape index (κ1) is 11.4. The van der Waals surface area contributed by atoms with Crippen LogP contribution >= 0.6 is 0 Å². The Balaban J connectivity index is 3.10. The molecule has 0 aromatic heterocycles. The minimum absolute atomic E-state index is 0.525. The van der Waals surface area contributed by atoms with Crippen molar-refractivity contribution in [2.24, 2.45) is 5.11 Å². The van der Waals surface area contributed by atoms with Gasteiger partial charge < -0.3 is 4.98 Å². The summed E-state index contributed by atoms with van der Waals surface area (Å²) in [6.45, 7) is 6.50. The van der Waals surface area contributed by atoms with Crippen LogP contribution in [0.25, 0.3) is 0 Å². The molecule has 0 atom stereocenters. The van der Waals surface area contributed by atoms with Crippen LogP contribution in [0.1, 0.15) is 5.56 Å². The summed E-state index contributed by atoms with van der Waals surface area (Å²) in [5.41, 5.74) is 8.95. The Kier molecular flexibility index (Phi) is 3.22. The molecule has 0 saturated heterocycles. The summed E-state index contributed by atoms with van der Waals surface area (Å²) < 4.78 is 0. The molecule has 0 aliphatic rings. The van der Waals surface area contributed by atoms with E-state index in [2.05, 4.69) is 29.7 Å². The van der Waals surface area contributed by atoms with Crippen LogP contribution in [-0.2, 0) is 0 Å². The number of hydrogen-bond acceptors (Lipinski definition) is 4. The SMILES string of the molecule is C[Si](C)(C)Nc1ccc(C#N)cc1N=N. The van der Waals surface area contributed by atoms with Gasteiger partial charge in [0.05, 0.1) is 17.3 Å². The van der Waals surface area contributed by atoms with E-state index in [0.29, 0.717) is 11.3 Å². The van der Waals surface area contributed by atoms with Crippen LogP contribution in [-0.4, -0.2) is 8.24 Å². The molecule has 0 saturated carbocycles. The quantitative estimate of drug-likeness (QED) is 0.602. The molecule has 5 heteroatoms. The zero-order valence-corrected chi connectivity index (χ0v) is 10.1. The van der Waals surface area contributed by atoms with Crippen molar-refractivity contribution < 1.29 is 0 Å². The normalized spacial score (nSPS) is 10.5. The van der Waals surface area contributed by atoms with Gasteiger partial charge in [0, 0.05) is 0 Å². The van der Waals surface area contributed by atoms with E-state index in [1.54, 1.807) is 12.1 Å².